The minimum Gasteiger partial charge on any atom is -0.0886 e. The number of unbranched alkanes of at least 4 members (excludes halogenated alkanes) is 7. The highest BCUT2D eigenvalue weighted by Crippen LogP contribution is 2.53. The third kappa shape index (κ3) is 5.04. The third-order valence-electron chi connectivity index (χ3n) is 7.09. The zero-order valence-corrected chi connectivity index (χ0v) is 19.4. The van der Waals surface area contributed by atoms with Crippen LogP contribution in [0.5, 0.6) is 0 Å². The molecular weight excluding hydrogens is 345 g/mol. The van der Waals surface area contributed by atoms with Crippen molar-refractivity contribution in [2.45, 2.75) is 89.3 Å². The molecule has 0 amide bonds. The van der Waals surface area contributed by atoms with Gasteiger partial charge in [0.1, 0.15) is 23.5 Å². The van der Waals surface area contributed by atoms with Crippen LogP contribution >= 0.6 is 0 Å². The second-order valence-electron chi connectivity index (χ2n) is 9.51. The molecule has 2 aromatic rings. The quantitative estimate of drug-likeness (QED) is 0.386. The highest BCUT2D eigenvalue weighted by atomic mass is 14.4. The summed E-state index contributed by atoms with van der Waals surface area (Å²) in [6.07, 6.45) is 16.3. The SMILES string of the molecule is BCCCCCCC1(CCCCCCC)c2cc(B)ccc2-c2ccc(B)cc21. The molecule has 0 spiro atoms. The third-order valence-corrected chi connectivity index (χ3v) is 7.09. The van der Waals surface area contributed by atoms with Crippen LogP contribution in [0.2, 0.25) is 6.32 Å². The molecule has 0 aromatic heterocycles. The molecule has 0 saturated carbocycles. The normalized spacial score (nSPS) is 14.0. The fraction of sp³-hybridized carbons (Fsp3) is 0.538. The van der Waals surface area contributed by atoms with Gasteiger partial charge in [-0.3, -0.25) is 0 Å². The lowest BCUT2D eigenvalue weighted by Gasteiger charge is -2.33. The molecule has 0 radical (unpaired) electrons. The maximum absolute atomic E-state index is 2.52. The lowest BCUT2D eigenvalue weighted by Crippen LogP contribution is -2.27. The van der Waals surface area contributed by atoms with Gasteiger partial charge in [0, 0.05) is 5.41 Å². The Morgan fingerprint density at radius 2 is 1.14 bits per heavy atom. The van der Waals surface area contributed by atoms with Gasteiger partial charge in [-0.25, -0.2) is 0 Å². The molecule has 29 heavy (non-hydrogen) atoms. The summed E-state index contributed by atoms with van der Waals surface area (Å²) in [6.45, 7) is 2.31. The van der Waals surface area contributed by atoms with Gasteiger partial charge in [0.25, 0.3) is 0 Å². The maximum Gasteiger partial charge on any atom is 0.139 e. The first-order chi connectivity index (χ1) is 14.1. The standard InChI is InChI=1S/C26H39B3/c1-2-3-4-5-8-15-26(16-9-6-7-10-17-27)24-18-20(28)11-13-22(24)23-14-12-21(29)19-25(23)26/h11-14,18-19H,2-10,15-17,27-29H2,1H3. The Kier molecular flexibility index (Phi) is 8.16. The number of hydrogen-bond donors (Lipinski definition) is 0. The Morgan fingerprint density at radius 1 is 0.655 bits per heavy atom. The van der Waals surface area contributed by atoms with E-state index < -0.39 is 0 Å². The summed E-state index contributed by atoms with van der Waals surface area (Å²) in [5, 5.41) is 0. The second-order valence-corrected chi connectivity index (χ2v) is 9.51. The molecule has 1 aliphatic carbocycles. The van der Waals surface area contributed by atoms with Gasteiger partial charge in [0.15, 0.2) is 0 Å². The Hall–Kier alpha value is -1.37. The van der Waals surface area contributed by atoms with E-state index in [1.165, 1.54) is 99.0 Å². The van der Waals surface area contributed by atoms with Crippen molar-refractivity contribution in [3.8, 4) is 11.1 Å². The smallest absolute Gasteiger partial charge is 0.0886 e. The van der Waals surface area contributed by atoms with Gasteiger partial charge >= 0.3 is 0 Å². The molecule has 0 fully saturated rings. The molecule has 0 N–H and O–H groups in total. The summed E-state index contributed by atoms with van der Waals surface area (Å²) in [7, 11) is 6.84. The molecule has 1 aliphatic rings. The van der Waals surface area contributed by atoms with E-state index in [4.69, 9.17) is 0 Å². The molecule has 0 unspecified atom stereocenters. The molecule has 3 heteroatoms. The van der Waals surface area contributed by atoms with Gasteiger partial charge in [-0.05, 0) is 35.1 Å². The van der Waals surface area contributed by atoms with E-state index >= 15 is 0 Å². The summed E-state index contributed by atoms with van der Waals surface area (Å²) in [4.78, 5) is 0. The zero-order valence-electron chi connectivity index (χ0n) is 19.4. The van der Waals surface area contributed by atoms with Crippen LogP contribution in [-0.4, -0.2) is 23.5 Å². The van der Waals surface area contributed by atoms with Gasteiger partial charge in [-0.15, -0.1) is 0 Å². The lowest BCUT2D eigenvalue weighted by atomic mass is 9.69. The second kappa shape index (κ2) is 10.6. The van der Waals surface area contributed by atoms with Crippen LogP contribution in [0.3, 0.4) is 0 Å². The van der Waals surface area contributed by atoms with Gasteiger partial charge in [-0.2, -0.15) is 0 Å². The van der Waals surface area contributed by atoms with Crippen molar-refractivity contribution in [1.29, 1.82) is 0 Å². The van der Waals surface area contributed by atoms with E-state index in [-0.39, 0.29) is 5.41 Å². The largest absolute Gasteiger partial charge is 0.139 e. The highest BCUT2D eigenvalue weighted by molar-refractivity contribution is 6.33. The van der Waals surface area contributed by atoms with Crippen LogP contribution in [0, 0.1) is 0 Å². The molecule has 2 aromatic carbocycles. The summed E-state index contributed by atoms with van der Waals surface area (Å²) < 4.78 is 0. The Morgan fingerprint density at radius 3 is 1.62 bits per heavy atom. The van der Waals surface area contributed by atoms with E-state index in [0.717, 1.165) is 0 Å². The monoisotopic (exact) mass is 384 g/mol. The first kappa shape index (κ1) is 22.3. The van der Waals surface area contributed by atoms with Crippen LogP contribution in [0.15, 0.2) is 36.4 Å². The topological polar surface area (TPSA) is 0 Å². The van der Waals surface area contributed by atoms with Crippen molar-refractivity contribution in [3.05, 3.63) is 47.5 Å². The van der Waals surface area contributed by atoms with Gasteiger partial charge in [-0.1, -0.05) is 118 Å². The minimum absolute atomic E-state index is 0.237. The van der Waals surface area contributed by atoms with Crippen LogP contribution in [0.25, 0.3) is 11.1 Å². The van der Waals surface area contributed by atoms with Crippen LogP contribution in [0.4, 0.5) is 0 Å². The Bertz CT molecular complexity index is 729. The predicted molar refractivity (Wildman–Crippen MR) is 139 cm³/mol. The van der Waals surface area contributed by atoms with Gasteiger partial charge in [0.05, 0.1) is 0 Å². The van der Waals surface area contributed by atoms with Crippen LogP contribution in [0.1, 0.15) is 88.7 Å². The van der Waals surface area contributed by atoms with Gasteiger partial charge < -0.3 is 0 Å². The molecule has 0 heterocycles. The molecule has 0 atom stereocenters. The van der Waals surface area contributed by atoms with Crippen LogP contribution < -0.4 is 10.9 Å². The molecular formula is C26H39B3. The van der Waals surface area contributed by atoms with Crippen molar-refractivity contribution < 1.29 is 0 Å². The average Bonchev–Trinajstić information content (AvgIpc) is 2.96. The summed E-state index contributed by atoms with van der Waals surface area (Å²) >= 11 is 0. The first-order valence-electron chi connectivity index (χ1n) is 12.3. The first-order valence-corrected chi connectivity index (χ1v) is 12.3. The van der Waals surface area contributed by atoms with Crippen molar-refractivity contribution in [2.24, 2.45) is 0 Å². The van der Waals surface area contributed by atoms with Gasteiger partial charge in [0.2, 0.25) is 0 Å². The maximum atomic E-state index is 2.52. The summed E-state index contributed by atoms with van der Waals surface area (Å²) in [6, 6.07) is 14.4. The molecule has 0 bridgehead atoms. The van der Waals surface area contributed by atoms with Crippen molar-refractivity contribution in [2.75, 3.05) is 0 Å². The number of rotatable bonds is 12. The van der Waals surface area contributed by atoms with Crippen molar-refractivity contribution in [1.82, 2.24) is 0 Å². The van der Waals surface area contributed by atoms with E-state index in [1.807, 2.05) is 0 Å². The summed E-state index contributed by atoms with van der Waals surface area (Å²) in [5.74, 6) is 0. The lowest BCUT2D eigenvalue weighted by molar-refractivity contribution is 0.400. The van der Waals surface area contributed by atoms with E-state index in [1.54, 1.807) is 11.1 Å². The van der Waals surface area contributed by atoms with Crippen molar-refractivity contribution in [3.63, 3.8) is 0 Å². The number of hydrogen-bond acceptors (Lipinski definition) is 0. The molecule has 0 aliphatic heterocycles. The molecule has 0 nitrogen and oxygen atoms in total. The highest BCUT2D eigenvalue weighted by Gasteiger charge is 2.42. The molecule has 3 rings (SSSR count). The Balaban J connectivity index is 1.93. The van der Waals surface area contributed by atoms with E-state index in [9.17, 15) is 0 Å². The fourth-order valence-corrected chi connectivity index (χ4v) is 5.45. The fourth-order valence-electron chi connectivity index (χ4n) is 5.45. The molecule has 0 saturated heterocycles. The van der Waals surface area contributed by atoms with E-state index in [2.05, 4.69) is 66.9 Å². The summed E-state index contributed by atoms with van der Waals surface area (Å²) in [5.41, 5.74) is 9.33. The molecule has 152 valence electrons. The average molecular weight is 384 g/mol. The number of fused-ring (bicyclic) bond motifs is 3. The minimum atomic E-state index is 0.237. The van der Waals surface area contributed by atoms with Crippen LogP contribution in [-0.2, 0) is 5.41 Å². The van der Waals surface area contributed by atoms with Crippen molar-refractivity contribution >= 4 is 34.5 Å². The Labute approximate surface area is 182 Å². The van der Waals surface area contributed by atoms with E-state index in [0.29, 0.717) is 0 Å². The zero-order chi connectivity index (χ0) is 20.7. The number of benzene rings is 2. The predicted octanol–water partition coefficient (Wildman–Crippen LogP) is 3.83.